The average Bonchev–Trinajstić information content (AvgIpc) is 1.95. The van der Waals surface area contributed by atoms with Crippen LogP contribution in [0.25, 0.3) is 0 Å². The second-order valence-electron chi connectivity index (χ2n) is 1.96. The number of H-pyrrole nitrogens is 1. The van der Waals surface area contributed by atoms with Gasteiger partial charge in [0.1, 0.15) is 4.64 Å². The van der Waals surface area contributed by atoms with Crippen LogP contribution in [0.15, 0.2) is 6.20 Å². The minimum absolute atomic E-state index is 0.411. The van der Waals surface area contributed by atoms with Crippen LogP contribution in [0.2, 0.25) is 0 Å². The predicted octanol–water partition coefficient (Wildman–Crippen LogP) is 1.28. The van der Waals surface area contributed by atoms with Gasteiger partial charge >= 0.3 is 0 Å². The first-order valence-corrected chi connectivity index (χ1v) is 3.49. The SMILES string of the molecule is CCc1c[nH]c(=S)c(N)n1. The van der Waals surface area contributed by atoms with E-state index in [4.69, 9.17) is 18.0 Å². The molecule has 4 heteroatoms. The van der Waals surface area contributed by atoms with Crippen molar-refractivity contribution in [1.82, 2.24) is 9.97 Å². The second-order valence-corrected chi connectivity index (χ2v) is 2.37. The monoisotopic (exact) mass is 155 g/mol. The summed E-state index contributed by atoms with van der Waals surface area (Å²) >= 11 is 4.82. The molecule has 0 aromatic carbocycles. The Hall–Kier alpha value is -0.900. The molecular formula is C6H9N3S. The summed E-state index contributed by atoms with van der Waals surface area (Å²) in [5, 5.41) is 0. The molecule has 0 atom stereocenters. The average molecular weight is 155 g/mol. The van der Waals surface area contributed by atoms with E-state index in [-0.39, 0.29) is 0 Å². The third-order valence-electron chi connectivity index (χ3n) is 1.23. The van der Waals surface area contributed by atoms with E-state index in [0.29, 0.717) is 10.5 Å². The zero-order valence-corrected chi connectivity index (χ0v) is 6.53. The topological polar surface area (TPSA) is 54.7 Å². The van der Waals surface area contributed by atoms with Gasteiger partial charge in [-0.1, -0.05) is 19.1 Å². The Balaban J connectivity index is 3.17. The van der Waals surface area contributed by atoms with E-state index < -0.39 is 0 Å². The van der Waals surface area contributed by atoms with Gasteiger partial charge in [-0.3, -0.25) is 0 Å². The lowest BCUT2D eigenvalue weighted by molar-refractivity contribution is 1.00. The maximum absolute atomic E-state index is 5.45. The Morgan fingerprint density at radius 1 is 1.80 bits per heavy atom. The normalized spacial score (nSPS) is 9.70. The molecule has 3 N–H and O–H groups in total. The summed E-state index contributed by atoms with van der Waals surface area (Å²) in [7, 11) is 0. The highest BCUT2D eigenvalue weighted by Gasteiger charge is 1.92. The molecule has 10 heavy (non-hydrogen) atoms. The molecule has 0 spiro atoms. The number of aromatic amines is 1. The smallest absolute Gasteiger partial charge is 0.158 e. The van der Waals surface area contributed by atoms with Crippen LogP contribution in [-0.2, 0) is 6.42 Å². The van der Waals surface area contributed by atoms with E-state index in [2.05, 4.69) is 9.97 Å². The molecule has 54 valence electrons. The van der Waals surface area contributed by atoms with Crippen molar-refractivity contribution < 1.29 is 0 Å². The fourth-order valence-corrected chi connectivity index (χ4v) is 0.746. The van der Waals surface area contributed by atoms with Crippen LogP contribution < -0.4 is 5.73 Å². The van der Waals surface area contributed by atoms with Gasteiger partial charge in [0.25, 0.3) is 0 Å². The molecule has 0 saturated carbocycles. The van der Waals surface area contributed by atoms with Gasteiger partial charge in [0.05, 0.1) is 5.69 Å². The molecule has 1 aromatic rings. The van der Waals surface area contributed by atoms with E-state index in [1.165, 1.54) is 0 Å². The van der Waals surface area contributed by atoms with Crippen LogP contribution in [0.1, 0.15) is 12.6 Å². The molecule has 3 nitrogen and oxygen atoms in total. The largest absolute Gasteiger partial charge is 0.381 e. The van der Waals surface area contributed by atoms with Crippen LogP contribution in [0.5, 0.6) is 0 Å². The molecule has 0 radical (unpaired) electrons. The molecule has 0 saturated heterocycles. The first-order valence-electron chi connectivity index (χ1n) is 3.08. The lowest BCUT2D eigenvalue weighted by atomic mass is 10.4. The molecule has 0 fully saturated rings. The van der Waals surface area contributed by atoms with Gasteiger partial charge in [0.2, 0.25) is 0 Å². The van der Waals surface area contributed by atoms with Gasteiger partial charge in [-0.15, -0.1) is 0 Å². The van der Waals surface area contributed by atoms with Gasteiger partial charge < -0.3 is 10.7 Å². The van der Waals surface area contributed by atoms with Gasteiger partial charge in [-0.05, 0) is 6.42 Å². The minimum atomic E-state index is 0.411. The van der Waals surface area contributed by atoms with Gasteiger partial charge in [-0.2, -0.15) is 0 Å². The highest BCUT2D eigenvalue weighted by molar-refractivity contribution is 7.71. The van der Waals surface area contributed by atoms with Crippen LogP contribution in [0.3, 0.4) is 0 Å². The molecule has 0 aliphatic heterocycles. The third kappa shape index (κ3) is 1.33. The van der Waals surface area contributed by atoms with E-state index >= 15 is 0 Å². The summed E-state index contributed by atoms with van der Waals surface area (Å²) in [4.78, 5) is 6.88. The lowest BCUT2D eigenvalue weighted by Crippen LogP contribution is -1.96. The second kappa shape index (κ2) is 2.79. The van der Waals surface area contributed by atoms with E-state index in [1.54, 1.807) is 6.20 Å². The van der Waals surface area contributed by atoms with E-state index in [1.807, 2.05) is 6.92 Å². The van der Waals surface area contributed by atoms with E-state index in [9.17, 15) is 0 Å². The fraction of sp³-hybridized carbons (Fsp3) is 0.333. The first-order chi connectivity index (χ1) is 4.74. The quantitative estimate of drug-likeness (QED) is 0.601. The standard InChI is InChI=1S/C6H9N3S/c1-2-4-3-8-6(10)5(7)9-4/h3H,2H2,1H3,(H2,7,9)(H,8,10). The highest BCUT2D eigenvalue weighted by Crippen LogP contribution is 1.99. The maximum Gasteiger partial charge on any atom is 0.158 e. The van der Waals surface area contributed by atoms with Crippen molar-refractivity contribution in [2.75, 3.05) is 5.73 Å². The number of hydrogen-bond donors (Lipinski definition) is 2. The number of aromatic nitrogens is 2. The summed E-state index contributed by atoms with van der Waals surface area (Å²) in [6, 6.07) is 0. The van der Waals surface area contributed by atoms with E-state index in [0.717, 1.165) is 12.1 Å². The molecule has 0 unspecified atom stereocenters. The molecule has 0 amide bonds. The number of nitrogens with one attached hydrogen (secondary N) is 1. The number of nitrogens with two attached hydrogens (primary N) is 1. The Morgan fingerprint density at radius 3 is 3.00 bits per heavy atom. The lowest BCUT2D eigenvalue weighted by Gasteiger charge is -1.96. The van der Waals surface area contributed by atoms with Crippen molar-refractivity contribution >= 4 is 18.0 Å². The summed E-state index contributed by atoms with van der Waals surface area (Å²) in [6.07, 6.45) is 2.65. The molecule has 0 bridgehead atoms. The predicted molar refractivity (Wildman–Crippen MR) is 43.2 cm³/mol. The van der Waals surface area contributed by atoms with Crippen molar-refractivity contribution in [3.63, 3.8) is 0 Å². The summed E-state index contributed by atoms with van der Waals surface area (Å²) in [6.45, 7) is 2.01. The zero-order valence-electron chi connectivity index (χ0n) is 5.72. The third-order valence-corrected chi connectivity index (χ3v) is 1.56. The van der Waals surface area contributed by atoms with Crippen molar-refractivity contribution in [1.29, 1.82) is 0 Å². The molecule has 0 aliphatic carbocycles. The first kappa shape index (κ1) is 7.21. The van der Waals surface area contributed by atoms with Crippen LogP contribution in [0.4, 0.5) is 5.82 Å². The number of hydrogen-bond acceptors (Lipinski definition) is 3. The molecule has 0 aliphatic rings. The van der Waals surface area contributed by atoms with Crippen LogP contribution >= 0.6 is 12.2 Å². The molecule has 1 heterocycles. The number of anilines is 1. The van der Waals surface area contributed by atoms with Crippen molar-refractivity contribution in [2.45, 2.75) is 13.3 Å². The zero-order chi connectivity index (χ0) is 7.56. The Bertz CT molecular complexity index is 279. The number of nitrogens with zero attached hydrogens (tertiary/aromatic N) is 1. The Labute approximate surface area is 64.3 Å². The number of aryl methyl sites for hydroxylation is 1. The maximum atomic E-state index is 5.45. The number of rotatable bonds is 1. The van der Waals surface area contributed by atoms with Crippen molar-refractivity contribution in [2.24, 2.45) is 0 Å². The van der Waals surface area contributed by atoms with Crippen molar-refractivity contribution in [3.8, 4) is 0 Å². The summed E-state index contributed by atoms with van der Waals surface area (Å²) < 4.78 is 0.511. The van der Waals surface area contributed by atoms with Gasteiger partial charge in [0.15, 0.2) is 5.82 Å². The molecule has 1 aromatic heterocycles. The minimum Gasteiger partial charge on any atom is -0.381 e. The Kier molecular flexibility index (Phi) is 2.01. The highest BCUT2D eigenvalue weighted by atomic mass is 32.1. The summed E-state index contributed by atoms with van der Waals surface area (Å²) in [5.74, 6) is 0.411. The number of nitrogen functional groups attached to an aromatic ring is 1. The fourth-order valence-electron chi connectivity index (χ4n) is 0.642. The summed E-state index contributed by atoms with van der Waals surface area (Å²) in [5.41, 5.74) is 6.39. The van der Waals surface area contributed by atoms with Gasteiger partial charge in [0, 0.05) is 6.20 Å². The van der Waals surface area contributed by atoms with Gasteiger partial charge in [-0.25, -0.2) is 4.98 Å². The Morgan fingerprint density at radius 2 is 2.50 bits per heavy atom. The van der Waals surface area contributed by atoms with Crippen LogP contribution in [-0.4, -0.2) is 9.97 Å². The van der Waals surface area contributed by atoms with Crippen molar-refractivity contribution in [3.05, 3.63) is 16.5 Å². The molecular weight excluding hydrogens is 146 g/mol. The van der Waals surface area contributed by atoms with Crippen LogP contribution in [0, 0.1) is 4.64 Å². The molecule has 1 rings (SSSR count).